The smallest absolute Gasteiger partial charge is 0.426 e. The van der Waals surface area contributed by atoms with Crippen molar-refractivity contribution in [1.29, 1.82) is 0 Å². The second-order valence-corrected chi connectivity index (χ2v) is 8.90. The predicted octanol–water partition coefficient (Wildman–Crippen LogP) is 1.11. The maximum absolute atomic E-state index is 13.1. The summed E-state index contributed by atoms with van der Waals surface area (Å²) < 4.78 is 13.1. The fourth-order valence-electron chi connectivity index (χ4n) is 3.90. The third-order valence-electron chi connectivity index (χ3n) is 5.80. The van der Waals surface area contributed by atoms with E-state index in [0.29, 0.717) is 37.7 Å². The average molecular weight is 420 g/mol. The minimum atomic E-state index is -1.65. The van der Waals surface area contributed by atoms with Crippen LogP contribution in [0.3, 0.4) is 0 Å². The van der Waals surface area contributed by atoms with E-state index in [2.05, 4.69) is 15.3 Å². The number of halogens is 1. The molecule has 0 bridgehead atoms. The molecule has 10 heteroatoms. The molecule has 8 nitrogen and oxygen atoms in total. The summed E-state index contributed by atoms with van der Waals surface area (Å²) in [7, 11) is -1.65. The van der Waals surface area contributed by atoms with Gasteiger partial charge in [-0.15, -0.1) is 0 Å². The summed E-state index contributed by atoms with van der Waals surface area (Å²) in [6, 6.07) is -0.417. The van der Waals surface area contributed by atoms with E-state index in [1.807, 2.05) is 13.8 Å². The minimum absolute atomic E-state index is 0.0695. The van der Waals surface area contributed by atoms with E-state index in [0.717, 1.165) is 25.2 Å². The summed E-state index contributed by atoms with van der Waals surface area (Å²) in [5.74, 6) is -1.25. The first-order chi connectivity index (χ1) is 14.2. The topological polar surface area (TPSA) is 116 Å². The molecule has 1 amide bonds. The average Bonchev–Trinajstić information content (AvgIpc) is 3.45. The first-order valence-corrected chi connectivity index (χ1v) is 10.7. The van der Waals surface area contributed by atoms with Crippen LogP contribution in [0, 0.1) is 23.6 Å². The lowest BCUT2D eigenvalue weighted by molar-refractivity contribution is -0.131. The molecular formula is C20H30BFN4O4. The molecule has 0 aromatic carbocycles. The Hall–Kier alpha value is -2.07. The first kappa shape index (κ1) is 22.6. The molecule has 30 heavy (non-hydrogen) atoms. The quantitative estimate of drug-likeness (QED) is 0.460. The highest BCUT2D eigenvalue weighted by atomic mass is 19.1. The first-order valence-electron chi connectivity index (χ1n) is 10.7. The normalized spacial score (nSPS) is 20.5. The van der Waals surface area contributed by atoms with Crippen LogP contribution in [-0.2, 0) is 9.59 Å². The number of hydrogen-bond acceptors (Lipinski definition) is 7. The van der Waals surface area contributed by atoms with Gasteiger partial charge in [-0.05, 0) is 31.1 Å². The van der Waals surface area contributed by atoms with Gasteiger partial charge >= 0.3 is 7.12 Å². The van der Waals surface area contributed by atoms with Crippen LogP contribution in [0.4, 0.5) is 10.3 Å². The molecule has 3 atom stereocenters. The van der Waals surface area contributed by atoms with Crippen LogP contribution < -0.4 is 10.2 Å². The van der Waals surface area contributed by atoms with Gasteiger partial charge in [0.1, 0.15) is 0 Å². The summed E-state index contributed by atoms with van der Waals surface area (Å²) in [4.78, 5) is 35.4. The highest BCUT2D eigenvalue weighted by Crippen LogP contribution is 2.37. The molecule has 164 valence electrons. The number of carbonyl (C=O) groups excluding carboxylic acids is 2. The van der Waals surface area contributed by atoms with Crippen LogP contribution in [0.1, 0.15) is 52.4 Å². The molecule has 1 aliphatic heterocycles. The molecule has 0 spiro atoms. The Morgan fingerprint density at radius 1 is 1.27 bits per heavy atom. The molecule has 1 saturated carbocycles. The molecular weight excluding hydrogens is 390 g/mol. The molecule has 0 unspecified atom stereocenters. The number of carbonyl (C=O) groups is 2. The standard InChI is InChI=1S/C20H30BFN4O4/c1-12(2)7-18(21(29)30)25-19(28)14(8-13-3-4-13)9-17(27)16-5-6-26(16)20-23-10-15(22)11-24-20/h10-14,16,18,29-30H,3-9H2,1-2H3,(H,25,28)/t14-,16+,18-/m1/s1. The van der Waals surface area contributed by atoms with E-state index < -0.39 is 30.8 Å². The molecule has 1 saturated heterocycles. The summed E-state index contributed by atoms with van der Waals surface area (Å²) >= 11 is 0. The van der Waals surface area contributed by atoms with E-state index in [9.17, 15) is 24.0 Å². The zero-order chi connectivity index (χ0) is 21.8. The van der Waals surface area contributed by atoms with Crippen LogP contribution in [0.15, 0.2) is 12.4 Å². The zero-order valence-electron chi connectivity index (χ0n) is 17.5. The van der Waals surface area contributed by atoms with Crippen molar-refractivity contribution in [2.75, 3.05) is 11.4 Å². The summed E-state index contributed by atoms with van der Waals surface area (Å²) in [5, 5.41) is 22.0. The lowest BCUT2D eigenvalue weighted by atomic mass is 9.74. The number of nitrogens with one attached hydrogen (secondary N) is 1. The zero-order valence-corrected chi connectivity index (χ0v) is 17.5. The molecule has 3 N–H and O–H groups in total. The van der Waals surface area contributed by atoms with Crippen LogP contribution in [0.25, 0.3) is 0 Å². The molecule has 1 aromatic heterocycles. The lowest BCUT2D eigenvalue weighted by Crippen LogP contribution is -2.54. The number of ketones is 1. The van der Waals surface area contributed by atoms with E-state index in [-0.39, 0.29) is 24.0 Å². The third-order valence-corrected chi connectivity index (χ3v) is 5.80. The van der Waals surface area contributed by atoms with Crippen molar-refractivity contribution >= 4 is 24.8 Å². The minimum Gasteiger partial charge on any atom is -0.426 e. The van der Waals surface area contributed by atoms with Crippen LogP contribution in [0.5, 0.6) is 0 Å². The SMILES string of the molecule is CC(C)C[C@@H](NC(=O)[C@@H](CC(=O)[C@@H]1CCN1c1ncc(F)cn1)CC1CC1)B(O)O. The van der Waals surface area contributed by atoms with Gasteiger partial charge in [0.15, 0.2) is 11.6 Å². The number of hydrogen-bond donors (Lipinski definition) is 3. The van der Waals surface area contributed by atoms with E-state index in [1.165, 1.54) is 0 Å². The number of aromatic nitrogens is 2. The van der Waals surface area contributed by atoms with Crippen LogP contribution >= 0.6 is 0 Å². The second kappa shape index (κ2) is 9.83. The van der Waals surface area contributed by atoms with Gasteiger partial charge in [-0.25, -0.2) is 14.4 Å². The van der Waals surface area contributed by atoms with Gasteiger partial charge in [-0.1, -0.05) is 26.7 Å². The van der Waals surface area contributed by atoms with Gasteiger partial charge < -0.3 is 20.3 Å². The van der Waals surface area contributed by atoms with Gasteiger partial charge in [0.25, 0.3) is 0 Å². The Morgan fingerprint density at radius 3 is 2.43 bits per heavy atom. The lowest BCUT2D eigenvalue weighted by Gasteiger charge is -2.40. The molecule has 2 aliphatic rings. The monoisotopic (exact) mass is 420 g/mol. The Balaban J connectivity index is 1.63. The van der Waals surface area contributed by atoms with Crippen LogP contribution in [0.2, 0.25) is 0 Å². The van der Waals surface area contributed by atoms with Gasteiger partial charge in [0.2, 0.25) is 11.9 Å². The molecule has 1 aliphatic carbocycles. The molecule has 2 heterocycles. The highest BCUT2D eigenvalue weighted by Gasteiger charge is 2.39. The van der Waals surface area contributed by atoms with E-state index in [4.69, 9.17) is 0 Å². The van der Waals surface area contributed by atoms with Crippen molar-refractivity contribution < 1.29 is 24.0 Å². The van der Waals surface area contributed by atoms with Crippen molar-refractivity contribution in [2.45, 2.75) is 64.4 Å². The third kappa shape index (κ3) is 5.98. The Morgan fingerprint density at radius 2 is 1.93 bits per heavy atom. The molecule has 2 fully saturated rings. The second-order valence-electron chi connectivity index (χ2n) is 8.90. The van der Waals surface area contributed by atoms with Gasteiger partial charge in [0, 0.05) is 18.9 Å². The highest BCUT2D eigenvalue weighted by molar-refractivity contribution is 6.43. The van der Waals surface area contributed by atoms with E-state index in [1.54, 1.807) is 4.90 Å². The Bertz CT molecular complexity index is 745. The van der Waals surface area contributed by atoms with Crippen molar-refractivity contribution in [3.63, 3.8) is 0 Å². The summed E-state index contributed by atoms with van der Waals surface area (Å²) in [6.07, 6.45) is 6.02. The van der Waals surface area contributed by atoms with Gasteiger partial charge in [0.05, 0.1) is 24.4 Å². The summed E-state index contributed by atoms with van der Waals surface area (Å²) in [5.41, 5.74) is 0. The molecule has 0 radical (unpaired) electrons. The Labute approximate surface area is 176 Å². The fourth-order valence-corrected chi connectivity index (χ4v) is 3.90. The Kier molecular flexibility index (Phi) is 7.41. The van der Waals surface area contributed by atoms with E-state index >= 15 is 0 Å². The largest absolute Gasteiger partial charge is 0.475 e. The van der Waals surface area contributed by atoms with Crippen molar-refractivity contribution in [2.24, 2.45) is 17.8 Å². The predicted molar refractivity (Wildman–Crippen MR) is 110 cm³/mol. The van der Waals surface area contributed by atoms with Gasteiger partial charge in [-0.3, -0.25) is 9.59 Å². The summed E-state index contributed by atoms with van der Waals surface area (Å²) in [6.45, 7) is 4.49. The molecule has 1 aromatic rings. The number of rotatable bonds is 11. The van der Waals surface area contributed by atoms with Crippen LogP contribution in [-0.4, -0.2) is 57.4 Å². The fraction of sp³-hybridized carbons (Fsp3) is 0.700. The van der Waals surface area contributed by atoms with Crippen molar-refractivity contribution in [1.82, 2.24) is 15.3 Å². The van der Waals surface area contributed by atoms with Crippen molar-refractivity contribution in [3.8, 4) is 0 Å². The number of nitrogens with zero attached hydrogens (tertiary/aromatic N) is 3. The number of Topliss-reactive ketones (excluding diaryl/α,β-unsaturated/α-hetero) is 1. The number of anilines is 1. The maximum Gasteiger partial charge on any atom is 0.475 e. The maximum atomic E-state index is 13.1. The molecule has 3 rings (SSSR count). The van der Waals surface area contributed by atoms with Crippen molar-refractivity contribution in [3.05, 3.63) is 18.2 Å². The number of amides is 1. The van der Waals surface area contributed by atoms with Gasteiger partial charge in [-0.2, -0.15) is 0 Å².